The van der Waals surface area contributed by atoms with E-state index in [-0.39, 0.29) is 12.2 Å². The van der Waals surface area contributed by atoms with Crippen molar-refractivity contribution >= 4 is 6.09 Å². The molecule has 1 amide bonds. The fourth-order valence-electron chi connectivity index (χ4n) is 2.13. The van der Waals surface area contributed by atoms with Crippen LogP contribution >= 0.6 is 0 Å². The maximum Gasteiger partial charge on any atom is 0.409 e. The number of carbonyl (C=O) groups is 1. The predicted molar refractivity (Wildman–Crippen MR) is 54.6 cm³/mol. The lowest BCUT2D eigenvalue weighted by molar-refractivity contribution is 0.0669. The smallest absolute Gasteiger partial charge is 0.409 e. The summed E-state index contributed by atoms with van der Waals surface area (Å²) in [5.41, 5.74) is 0. The van der Waals surface area contributed by atoms with E-state index in [1.165, 1.54) is 0 Å². The molecule has 1 unspecified atom stereocenters. The van der Waals surface area contributed by atoms with E-state index in [4.69, 9.17) is 4.74 Å². The minimum atomic E-state index is -0.201. The Morgan fingerprint density at radius 1 is 1.40 bits per heavy atom. The van der Waals surface area contributed by atoms with Crippen molar-refractivity contribution < 1.29 is 14.6 Å². The largest absolute Gasteiger partial charge is 0.448 e. The van der Waals surface area contributed by atoms with Crippen molar-refractivity contribution in [3.05, 3.63) is 0 Å². The maximum atomic E-state index is 11.1. The highest BCUT2D eigenvalue weighted by Gasteiger charge is 2.23. The molecule has 15 heavy (non-hydrogen) atoms. The normalized spacial score (nSPS) is 28.2. The summed E-state index contributed by atoms with van der Waals surface area (Å²) in [5, 5.41) is 9.48. The number of β-amino-alcohol motifs (C(OH)–C–C–N with tert-alkyl or cyclic N) is 1. The van der Waals surface area contributed by atoms with Crippen LogP contribution in [-0.4, -0.2) is 66.4 Å². The monoisotopic (exact) mass is 214 g/mol. The highest BCUT2D eigenvalue weighted by atomic mass is 16.6. The van der Waals surface area contributed by atoms with Crippen molar-refractivity contribution in [2.45, 2.75) is 18.9 Å². The second-order valence-electron chi connectivity index (χ2n) is 4.20. The van der Waals surface area contributed by atoms with Gasteiger partial charge in [0.2, 0.25) is 0 Å². The van der Waals surface area contributed by atoms with Crippen LogP contribution in [0.15, 0.2) is 0 Å². The number of nitrogens with zero attached hydrogens (tertiary/aromatic N) is 2. The molecule has 0 aliphatic carbocycles. The number of ether oxygens (including phenoxy) is 1. The Morgan fingerprint density at radius 3 is 2.93 bits per heavy atom. The number of amides is 1. The molecule has 0 aromatic rings. The van der Waals surface area contributed by atoms with Crippen LogP contribution in [-0.2, 0) is 4.74 Å². The summed E-state index contributed by atoms with van der Waals surface area (Å²) in [7, 11) is 0. The fraction of sp³-hybridized carbons (Fsp3) is 0.900. The Bertz CT molecular complexity index is 235. The third-order valence-corrected chi connectivity index (χ3v) is 3.01. The Labute approximate surface area is 89.6 Å². The third kappa shape index (κ3) is 2.82. The van der Waals surface area contributed by atoms with Gasteiger partial charge in [-0.3, -0.25) is 4.90 Å². The van der Waals surface area contributed by atoms with Crippen LogP contribution < -0.4 is 0 Å². The Balaban J connectivity index is 1.70. The lowest BCUT2D eigenvalue weighted by Gasteiger charge is -2.30. The Kier molecular flexibility index (Phi) is 3.43. The lowest BCUT2D eigenvalue weighted by Crippen LogP contribution is -2.42. The van der Waals surface area contributed by atoms with Crippen molar-refractivity contribution in [1.82, 2.24) is 9.80 Å². The number of cyclic esters (lactones) is 1. The molecule has 0 spiro atoms. The van der Waals surface area contributed by atoms with Crippen LogP contribution in [0.4, 0.5) is 4.79 Å². The van der Waals surface area contributed by atoms with E-state index < -0.39 is 0 Å². The standard InChI is InChI=1S/C10H18N2O3/c13-9-2-1-3-11(8-9)4-5-12-6-7-15-10(12)14/h9,13H,1-8H2. The zero-order chi connectivity index (χ0) is 10.7. The van der Waals surface area contributed by atoms with Gasteiger partial charge in [-0.1, -0.05) is 0 Å². The van der Waals surface area contributed by atoms with Crippen LogP contribution in [0.5, 0.6) is 0 Å². The van der Waals surface area contributed by atoms with E-state index in [0.29, 0.717) is 19.7 Å². The van der Waals surface area contributed by atoms with Gasteiger partial charge in [-0.25, -0.2) is 4.79 Å². The van der Waals surface area contributed by atoms with E-state index in [1.54, 1.807) is 4.90 Å². The molecule has 5 heteroatoms. The van der Waals surface area contributed by atoms with Gasteiger partial charge in [0.15, 0.2) is 0 Å². The number of aliphatic hydroxyl groups excluding tert-OH is 1. The minimum absolute atomic E-state index is 0.190. The molecule has 1 N–H and O–H groups in total. The fourth-order valence-corrected chi connectivity index (χ4v) is 2.13. The molecule has 2 aliphatic rings. The number of aliphatic hydroxyl groups is 1. The molecular formula is C10H18N2O3. The molecule has 0 saturated carbocycles. The van der Waals surface area contributed by atoms with Gasteiger partial charge in [-0.15, -0.1) is 0 Å². The molecule has 2 heterocycles. The minimum Gasteiger partial charge on any atom is -0.448 e. The third-order valence-electron chi connectivity index (χ3n) is 3.01. The summed E-state index contributed by atoms with van der Waals surface area (Å²) < 4.78 is 4.85. The number of piperidine rings is 1. The summed E-state index contributed by atoms with van der Waals surface area (Å²) in [6.45, 7) is 4.54. The van der Waals surface area contributed by atoms with E-state index in [1.807, 2.05) is 0 Å². The second kappa shape index (κ2) is 4.81. The van der Waals surface area contributed by atoms with Crippen molar-refractivity contribution in [2.75, 3.05) is 39.3 Å². The molecule has 0 radical (unpaired) electrons. The summed E-state index contributed by atoms with van der Waals surface area (Å²) in [4.78, 5) is 15.1. The summed E-state index contributed by atoms with van der Waals surface area (Å²) in [6.07, 6.45) is 1.56. The molecular weight excluding hydrogens is 196 g/mol. The first-order valence-electron chi connectivity index (χ1n) is 5.58. The first kappa shape index (κ1) is 10.7. The summed E-state index contributed by atoms with van der Waals surface area (Å²) in [6, 6.07) is 0. The number of rotatable bonds is 3. The van der Waals surface area contributed by atoms with Gasteiger partial charge in [0, 0.05) is 19.6 Å². The zero-order valence-electron chi connectivity index (χ0n) is 8.89. The number of carbonyl (C=O) groups excluding carboxylic acids is 1. The number of hydrogen-bond acceptors (Lipinski definition) is 4. The second-order valence-corrected chi connectivity index (χ2v) is 4.20. The zero-order valence-corrected chi connectivity index (χ0v) is 8.89. The molecule has 1 atom stereocenters. The van der Waals surface area contributed by atoms with Gasteiger partial charge in [-0.05, 0) is 19.4 Å². The molecule has 2 saturated heterocycles. The van der Waals surface area contributed by atoms with Crippen LogP contribution in [0.25, 0.3) is 0 Å². The Hall–Kier alpha value is -0.810. The quantitative estimate of drug-likeness (QED) is 0.712. The van der Waals surface area contributed by atoms with Gasteiger partial charge in [0.25, 0.3) is 0 Å². The van der Waals surface area contributed by atoms with Crippen LogP contribution in [0.1, 0.15) is 12.8 Å². The molecule has 0 aromatic heterocycles. The van der Waals surface area contributed by atoms with Gasteiger partial charge >= 0.3 is 6.09 Å². The van der Waals surface area contributed by atoms with Crippen LogP contribution in [0, 0.1) is 0 Å². The van der Waals surface area contributed by atoms with Crippen molar-refractivity contribution in [3.63, 3.8) is 0 Å². The van der Waals surface area contributed by atoms with Gasteiger partial charge < -0.3 is 14.7 Å². The van der Waals surface area contributed by atoms with E-state index in [0.717, 1.165) is 32.5 Å². The molecule has 86 valence electrons. The SMILES string of the molecule is O=C1OCCN1CCN1CCCC(O)C1. The van der Waals surface area contributed by atoms with Gasteiger partial charge in [0.05, 0.1) is 12.6 Å². The number of hydrogen-bond donors (Lipinski definition) is 1. The topological polar surface area (TPSA) is 53.0 Å². The predicted octanol–water partition coefficient (Wildman–Crippen LogP) is -0.105. The molecule has 2 aliphatic heterocycles. The molecule has 2 rings (SSSR count). The van der Waals surface area contributed by atoms with Crippen molar-refractivity contribution in [1.29, 1.82) is 0 Å². The average molecular weight is 214 g/mol. The highest BCUT2D eigenvalue weighted by Crippen LogP contribution is 2.10. The number of likely N-dealkylation sites (tertiary alicyclic amines) is 1. The maximum absolute atomic E-state index is 11.1. The van der Waals surface area contributed by atoms with Crippen molar-refractivity contribution in [3.8, 4) is 0 Å². The molecule has 0 aromatic carbocycles. The van der Waals surface area contributed by atoms with Crippen molar-refractivity contribution in [2.24, 2.45) is 0 Å². The lowest BCUT2D eigenvalue weighted by atomic mass is 10.1. The average Bonchev–Trinajstić information content (AvgIpc) is 2.61. The first-order chi connectivity index (χ1) is 7.25. The highest BCUT2D eigenvalue weighted by molar-refractivity contribution is 5.69. The van der Waals surface area contributed by atoms with Gasteiger partial charge in [0.1, 0.15) is 6.61 Å². The van der Waals surface area contributed by atoms with Crippen LogP contribution in [0.2, 0.25) is 0 Å². The van der Waals surface area contributed by atoms with E-state index in [9.17, 15) is 9.90 Å². The van der Waals surface area contributed by atoms with E-state index >= 15 is 0 Å². The van der Waals surface area contributed by atoms with Gasteiger partial charge in [-0.2, -0.15) is 0 Å². The summed E-state index contributed by atoms with van der Waals surface area (Å²) >= 11 is 0. The molecule has 0 bridgehead atoms. The van der Waals surface area contributed by atoms with E-state index in [2.05, 4.69) is 4.90 Å². The first-order valence-corrected chi connectivity index (χ1v) is 5.58. The summed E-state index contributed by atoms with van der Waals surface area (Å²) in [5.74, 6) is 0. The Morgan fingerprint density at radius 2 is 2.27 bits per heavy atom. The van der Waals surface area contributed by atoms with Crippen LogP contribution in [0.3, 0.4) is 0 Å². The molecule has 5 nitrogen and oxygen atoms in total. The molecule has 2 fully saturated rings.